The number of nitrogens with two attached hydrogens (primary N) is 1. The number of H-pyrrole nitrogens is 1. The number of methoxy groups -OCH3 is 2. The minimum atomic E-state index is -0.719. The lowest BCUT2D eigenvalue weighted by molar-refractivity contribution is 0.382. The predicted molar refractivity (Wildman–Crippen MR) is 90.6 cm³/mol. The van der Waals surface area contributed by atoms with E-state index in [0.717, 1.165) is 0 Å². The van der Waals surface area contributed by atoms with Gasteiger partial charge in [-0.3, -0.25) is 4.79 Å². The molecule has 1 aromatic heterocycles. The summed E-state index contributed by atoms with van der Waals surface area (Å²) < 4.78 is 16.2. The molecule has 0 radical (unpaired) electrons. The molecule has 2 heterocycles. The van der Waals surface area contributed by atoms with Crippen molar-refractivity contribution in [1.29, 1.82) is 5.26 Å². The van der Waals surface area contributed by atoms with E-state index in [2.05, 4.69) is 11.1 Å². The number of hydrogen-bond donors (Lipinski definition) is 2. The van der Waals surface area contributed by atoms with Crippen molar-refractivity contribution in [2.24, 2.45) is 5.73 Å². The lowest BCUT2D eigenvalue weighted by atomic mass is 9.83. The maximum absolute atomic E-state index is 12.6. The van der Waals surface area contributed by atoms with Crippen LogP contribution in [-0.4, -0.2) is 19.2 Å². The monoisotopic (exact) mass is 339 g/mol. The number of allylic oxidation sites excluding steroid dienone is 1. The van der Waals surface area contributed by atoms with E-state index in [1.807, 2.05) is 0 Å². The van der Waals surface area contributed by atoms with Gasteiger partial charge in [-0.25, -0.2) is 0 Å². The number of nitrogens with one attached hydrogen (secondary N) is 1. The molecule has 0 unspecified atom stereocenters. The van der Waals surface area contributed by atoms with Crippen molar-refractivity contribution < 1.29 is 14.2 Å². The normalized spacial score (nSPS) is 15.8. The molecule has 0 amide bonds. The second kappa shape index (κ2) is 6.24. The average Bonchev–Trinajstić information content (AvgIpc) is 2.59. The van der Waals surface area contributed by atoms with Crippen molar-refractivity contribution >= 4 is 0 Å². The number of fused-ring (bicyclic) bond motifs is 1. The van der Waals surface area contributed by atoms with Gasteiger partial charge in [0.25, 0.3) is 5.56 Å². The number of aryl methyl sites for hydroxylation is 1. The first-order valence-corrected chi connectivity index (χ1v) is 7.53. The molecule has 1 aliphatic heterocycles. The molecule has 0 fully saturated rings. The van der Waals surface area contributed by atoms with E-state index < -0.39 is 5.92 Å². The molecule has 7 heteroatoms. The number of rotatable bonds is 3. The van der Waals surface area contributed by atoms with Gasteiger partial charge in [-0.2, -0.15) is 5.26 Å². The Balaban J connectivity index is 2.35. The Kier molecular flexibility index (Phi) is 4.11. The van der Waals surface area contributed by atoms with Gasteiger partial charge in [0.1, 0.15) is 28.9 Å². The van der Waals surface area contributed by atoms with Gasteiger partial charge in [0.15, 0.2) is 0 Å². The molecule has 1 atom stereocenters. The molecule has 3 rings (SSSR count). The largest absolute Gasteiger partial charge is 0.497 e. The molecule has 0 spiro atoms. The Morgan fingerprint density at radius 1 is 1.28 bits per heavy atom. The Morgan fingerprint density at radius 2 is 2.04 bits per heavy atom. The van der Waals surface area contributed by atoms with Crippen LogP contribution in [0.5, 0.6) is 17.2 Å². The molecule has 128 valence electrons. The second-order valence-corrected chi connectivity index (χ2v) is 5.59. The van der Waals surface area contributed by atoms with E-state index >= 15 is 0 Å². The number of ether oxygens (including phenoxy) is 3. The van der Waals surface area contributed by atoms with Gasteiger partial charge in [0, 0.05) is 17.3 Å². The summed E-state index contributed by atoms with van der Waals surface area (Å²) in [5, 5.41) is 9.60. The highest BCUT2D eigenvalue weighted by Gasteiger charge is 2.35. The van der Waals surface area contributed by atoms with Gasteiger partial charge in [-0.1, -0.05) is 0 Å². The Labute approximate surface area is 144 Å². The lowest BCUT2D eigenvalue weighted by Gasteiger charge is -2.27. The van der Waals surface area contributed by atoms with Crippen LogP contribution in [-0.2, 0) is 0 Å². The Bertz CT molecular complexity index is 969. The van der Waals surface area contributed by atoms with Crippen molar-refractivity contribution in [3.63, 3.8) is 0 Å². The molecule has 7 nitrogen and oxygen atoms in total. The summed E-state index contributed by atoms with van der Waals surface area (Å²) in [5.74, 6) is 0.660. The number of aromatic amines is 1. The Hall–Kier alpha value is -3.40. The highest BCUT2D eigenvalue weighted by atomic mass is 16.5. The van der Waals surface area contributed by atoms with Crippen LogP contribution in [0.15, 0.2) is 40.5 Å². The number of nitriles is 1. The first kappa shape index (κ1) is 16.5. The fourth-order valence-corrected chi connectivity index (χ4v) is 2.98. The van der Waals surface area contributed by atoms with Crippen molar-refractivity contribution in [1.82, 2.24) is 4.98 Å². The van der Waals surface area contributed by atoms with Crippen molar-refractivity contribution in [2.45, 2.75) is 12.8 Å². The fourth-order valence-electron chi connectivity index (χ4n) is 2.98. The third kappa shape index (κ3) is 2.68. The fraction of sp³-hybridized carbons (Fsp3) is 0.222. The summed E-state index contributed by atoms with van der Waals surface area (Å²) in [6.45, 7) is 1.74. The van der Waals surface area contributed by atoms with Crippen LogP contribution in [0.1, 0.15) is 22.7 Å². The van der Waals surface area contributed by atoms with Crippen molar-refractivity contribution in [3.8, 4) is 23.3 Å². The van der Waals surface area contributed by atoms with Crippen LogP contribution in [0.4, 0.5) is 0 Å². The van der Waals surface area contributed by atoms with Gasteiger partial charge in [0.05, 0.1) is 25.7 Å². The number of benzene rings is 1. The minimum absolute atomic E-state index is 0.0325. The smallest absolute Gasteiger partial charge is 0.256 e. The molecule has 0 bridgehead atoms. The molecule has 3 N–H and O–H groups in total. The zero-order chi connectivity index (χ0) is 18.1. The zero-order valence-electron chi connectivity index (χ0n) is 14.0. The van der Waals surface area contributed by atoms with E-state index in [1.165, 1.54) is 14.2 Å². The number of hydrogen-bond acceptors (Lipinski definition) is 6. The second-order valence-electron chi connectivity index (χ2n) is 5.59. The van der Waals surface area contributed by atoms with Crippen LogP contribution in [0.2, 0.25) is 0 Å². The number of pyridine rings is 1. The first-order valence-electron chi connectivity index (χ1n) is 7.53. The van der Waals surface area contributed by atoms with Crippen LogP contribution in [0.3, 0.4) is 0 Å². The molecule has 0 saturated carbocycles. The van der Waals surface area contributed by atoms with Gasteiger partial charge < -0.3 is 24.9 Å². The van der Waals surface area contributed by atoms with E-state index in [9.17, 15) is 10.1 Å². The lowest BCUT2D eigenvalue weighted by Crippen LogP contribution is -2.28. The van der Waals surface area contributed by atoms with E-state index in [1.54, 1.807) is 31.2 Å². The van der Waals surface area contributed by atoms with Gasteiger partial charge in [-0.05, 0) is 25.1 Å². The molecule has 0 saturated heterocycles. The van der Waals surface area contributed by atoms with Crippen LogP contribution in [0, 0.1) is 18.3 Å². The van der Waals surface area contributed by atoms with Crippen LogP contribution < -0.4 is 25.5 Å². The highest BCUT2D eigenvalue weighted by molar-refractivity contribution is 5.59. The molecule has 0 aliphatic carbocycles. The van der Waals surface area contributed by atoms with E-state index in [0.29, 0.717) is 34.1 Å². The predicted octanol–water partition coefficient (Wildman–Crippen LogP) is 1.92. The molecule has 2 aromatic rings. The van der Waals surface area contributed by atoms with E-state index in [-0.39, 0.29) is 17.0 Å². The molecular weight excluding hydrogens is 322 g/mol. The summed E-state index contributed by atoms with van der Waals surface area (Å²) in [6, 6.07) is 8.91. The summed E-state index contributed by atoms with van der Waals surface area (Å²) in [5.41, 5.74) is 7.29. The highest BCUT2D eigenvalue weighted by Crippen LogP contribution is 2.44. The maximum atomic E-state index is 12.6. The minimum Gasteiger partial charge on any atom is -0.497 e. The van der Waals surface area contributed by atoms with Crippen molar-refractivity contribution in [3.05, 3.63) is 62.9 Å². The van der Waals surface area contributed by atoms with Crippen LogP contribution >= 0.6 is 0 Å². The molecular formula is C18H17N3O4. The van der Waals surface area contributed by atoms with E-state index in [4.69, 9.17) is 19.9 Å². The third-order valence-electron chi connectivity index (χ3n) is 4.10. The average molecular weight is 339 g/mol. The first-order chi connectivity index (χ1) is 12.0. The molecule has 1 aliphatic rings. The van der Waals surface area contributed by atoms with Gasteiger partial charge >= 0.3 is 0 Å². The summed E-state index contributed by atoms with van der Waals surface area (Å²) in [4.78, 5) is 15.4. The Morgan fingerprint density at radius 3 is 2.68 bits per heavy atom. The van der Waals surface area contributed by atoms with Crippen LogP contribution in [0.25, 0.3) is 0 Å². The standard InChI is InChI=1S/C18H17N3O4/c1-9-6-14-16(18(22)21-9)15(12(8-19)17(20)25-14)11-7-10(23-2)4-5-13(11)24-3/h4-7,15H,20H2,1-3H3,(H,21,22)/t15-/m0/s1. The molecule has 25 heavy (non-hydrogen) atoms. The van der Waals surface area contributed by atoms with Gasteiger partial charge in [0.2, 0.25) is 5.88 Å². The number of nitrogens with zero attached hydrogens (tertiary/aromatic N) is 1. The zero-order valence-corrected chi connectivity index (χ0v) is 14.0. The van der Waals surface area contributed by atoms with Gasteiger partial charge in [-0.15, -0.1) is 0 Å². The maximum Gasteiger partial charge on any atom is 0.256 e. The quantitative estimate of drug-likeness (QED) is 0.884. The third-order valence-corrected chi connectivity index (χ3v) is 4.10. The molecule has 1 aromatic carbocycles. The summed E-state index contributed by atoms with van der Waals surface area (Å²) in [7, 11) is 3.05. The van der Waals surface area contributed by atoms with Crippen molar-refractivity contribution in [2.75, 3.05) is 14.2 Å². The summed E-state index contributed by atoms with van der Waals surface area (Å²) >= 11 is 0. The SMILES string of the molecule is COc1ccc(OC)c([C@H]2C(C#N)=C(N)Oc3cc(C)[nH]c(=O)c32)c1. The number of aromatic nitrogens is 1. The summed E-state index contributed by atoms with van der Waals surface area (Å²) in [6.07, 6.45) is 0. The topological polar surface area (TPSA) is 110 Å².